The van der Waals surface area contributed by atoms with E-state index in [1.54, 1.807) is 0 Å². The summed E-state index contributed by atoms with van der Waals surface area (Å²) in [6, 6.07) is 4.68. The smallest absolute Gasteiger partial charge is 0.399 e. The van der Waals surface area contributed by atoms with Gasteiger partial charge in [0.1, 0.15) is 0 Å². The van der Waals surface area contributed by atoms with Crippen LogP contribution >= 0.6 is 0 Å². The van der Waals surface area contributed by atoms with Crippen LogP contribution < -0.4 is 5.73 Å². The largest absolute Gasteiger partial charge is 0.417 e. The third kappa shape index (κ3) is 3.22. The van der Waals surface area contributed by atoms with Gasteiger partial charge in [-0.3, -0.25) is 4.98 Å². The van der Waals surface area contributed by atoms with E-state index in [1.165, 1.54) is 18.3 Å². The number of nitrogen functional groups attached to an aromatic ring is 1. The van der Waals surface area contributed by atoms with E-state index in [0.717, 1.165) is 6.07 Å². The number of alkyl halides is 3. The van der Waals surface area contributed by atoms with Crippen LogP contribution in [0.15, 0.2) is 35.4 Å². The topological polar surface area (TPSA) is 128 Å². The molecule has 0 radical (unpaired) electrons. The van der Waals surface area contributed by atoms with Crippen molar-refractivity contribution in [1.82, 2.24) is 25.6 Å². The number of anilines is 1. The zero-order chi connectivity index (χ0) is 19.1. The molecule has 2 aromatic heterocycles. The molecule has 3 rings (SSSR count). The van der Waals surface area contributed by atoms with Crippen LogP contribution in [0.5, 0.6) is 0 Å². The quantitative estimate of drug-likeness (QED) is 0.706. The maximum atomic E-state index is 13.4. The molecule has 12 heteroatoms. The lowest BCUT2D eigenvalue weighted by molar-refractivity contribution is -0.139. The second kappa shape index (κ2) is 6.05. The van der Waals surface area contributed by atoms with E-state index >= 15 is 0 Å². The minimum absolute atomic E-state index is 0.0873. The predicted molar refractivity (Wildman–Crippen MR) is 85.4 cm³/mol. The first-order valence-corrected chi connectivity index (χ1v) is 8.88. The molecule has 0 saturated heterocycles. The fourth-order valence-electron chi connectivity index (χ4n) is 2.50. The van der Waals surface area contributed by atoms with Gasteiger partial charge in [-0.05, 0) is 28.6 Å². The Morgan fingerprint density at radius 1 is 1.19 bits per heavy atom. The molecule has 0 bridgehead atoms. The van der Waals surface area contributed by atoms with E-state index in [2.05, 4.69) is 25.6 Å². The van der Waals surface area contributed by atoms with E-state index in [9.17, 15) is 21.6 Å². The van der Waals surface area contributed by atoms with Crippen LogP contribution in [-0.4, -0.2) is 40.3 Å². The van der Waals surface area contributed by atoms with Crippen LogP contribution in [0.25, 0.3) is 22.6 Å². The van der Waals surface area contributed by atoms with Gasteiger partial charge in [0.2, 0.25) is 0 Å². The molecule has 2 heterocycles. The van der Waals surface area contributed by atoms with Gasteiger partial charge in [-0.1, -0.05) is 6.07 Å². The fraction of sp³-hybridized carbons (Fsp3) is 0.143. The standard InChI is InChI=1S/C14H11F3N6O2S/c1-26(24,25)12-9(14(15,16)17)3-2-8(10-6-7(18)4-5-19-10)11(12)13-20-22-23-21-13/h2-6H,1H3,(H2,18,19)(H,20,21,22,23). The minimum atomic E-state index is -4.90. The van der Waals surface area contributed by atoms with E-state index in [-0.39, 0.29) is 22.6 Å². The summed E-state index contributed by atoms with van der Waals surface area (Å²) in [6.45, 7) is 0. The van der Waals surface area contributed by atoms with Gasteiger partial charge in [0, 0.05) is 29.3 Å². The molecule has 136 valence electrons. The zero-order valence-corrected chi connectivity index (χ0v) is 13.9. The number of nitrogens with two attached hydrogens (primary N) is 1. The molecule has 0 saturated carbocycles. The first-order valence-electron chi connectivity index (χ1n) is 6.99. The molecule has 0 aliphatic heterocycles. The normalized spacial score (nSPS) is 12.3. The van der Waals surface area contributed by atoms with Gasteiger partial charge in [-0.15, -0.1) is 5.10 Å². The molecule has 8 nitrogen and oxygen atoms in total. The lowest BCUT2D eigenvalue weighted by atomic mass is 9.99. The Morgan fingerprint density at radius 3 is 2.46 bits per heavy atom. The Kier molecular flexibility index (Phi) is 4.14. The van der Waals surface area contributed by atoms with Gasteiger partial charge >= 0.3 is 6.18 Å². The summed E-state index contributed by atoms with van der Waals surface area (Å²) < 4.78 is 64.8. The molecule has 0 atom stereocenters. The van der Waals surface area contributed by atoms with Crippen LogP contribution in [0.2, 0.25) is 0 Å². The number of nitrogens with zero attached hydrogens (tertiary/aromatic N) is 4. The van der Waals surface area contributed by atoms with Crippen LogP contribution in [0, 0.1) is 0 Å². The van der Waals surface area contributed by atoms with Crippen molar-refractivity contribution in [2.45, 2.75) is 11.1 Å². The number of aromatic nitrogens is 5. The van der Waals surface area contributed by atoms with Gasteiger partial charge in [0.15, 0.2) is 15.7 Å². The maximum absolute atomic E-state index is 13.4. The highest BCUT2D eigenvalue weighted by molar-refractivity contribution is 7.91. The molecule has 0 aliphatic carbocycles. The van der Waals surface area contributed by atoms with Crippen molar-refractivity contribution in [3.8, 4) is 22.6 Å². The highest BCUT2D eigenvalue weighted by Crippen LogP contribution is 2.42. The average Bonchev–Trinajstić information content (AvgIpc) is 3.06. The van der Waals surface area contributed by atoms with Crippen molar-refractivity contribution in [1.29, 1.82) is 0 Å². The van der Waals surface area contributed by atoms with Crippen LogP contribution in [0.1, 0.15) is 5.56 Å². The third-order valence-electron chi connectivity index (χ3n) is 3.48. The van der Waals surface area contributed by atoms with E-state index in [4.69, 9.17) is 5.73 Å². The lowest BCUT2D eigenvalue weighted by Crippen LogP contribution is -2.15. The molecule has 3 aromatic rings. The maximum Gasteiger partial charge on any atom is 0.417 e. The van der Waals surface area contributed by atoms with Gasteiger partial charge < -0.3 is 5.73 Å². The SMILES string of the molecule is CS(=O)(=O)c1c(C(F)(F)F)ccc(-c2cc(N)ccn2)c1-c1nnn[nH]1. The summed E-state index contributed by atoms with van der Waals surface area (Å²) in [7, 11) is -4.31. The van der Waals surface area contributed by atoms with Crippen molar-refractivity contribution in [3.63, 3.8) is 0 Å². The Bertz CT molecular complexity index is 1060. The fourth-order valence-corrected chi connectivity index (χ4v) is 3.66. The lowest BCUT2D eigenvalue weighted by Gasteiger charge is -2.17. The second-order valence-electron chi connectivity index (χ2n) is 5.36. The van der Waals surface area contributed by atoms with Crippen LogP contribution in [0.4, 0.5) is 18.9 Å². The summed E-state index contributed by atoms with van der Waals surface area (Å²) in [4.78, 5) is 3.12. The molecule has 0 spiro atoms. The molecule has 3 N–H and O–H groups in total. The second-order valence-corrected chi connectivity index (χ2v) is 7.31. The van der Waals surface area contributed by atoms with Crippen molar-refractivity contribution >= 4 is 15.5 Å². The minimum Gasteiger partial charge on any atom is -0.399 e. The summed E-state index contributed by atoms with van der Waals surface area (Å²) in [5.74, 6) is -0.240. The Labute approximate surface area is 145 Å². The number of nitrogens with one attached hydrogen (secondary N) is 1. The highest BCUT2D eigenvalue weighted by Gasteiger charge is 2.39. The average molecular weight is 384 g/mol. The monoisotopic (exact) mass is 384 g/mol. The number of H-pyrrole nitrogens is 1. The van der Waals surface area contributed by atoms with Crippen LogP contribution in [-0.2, 0) is 16.0 Å². The van der Waals surface area contributed by atoms with E-state index < -0.39 is 26.5 Å². The number of benzene rings is 1. The molecule has 0 amide bonds. The van der Waals surface area contributed by atoms with Gasteiger partial charge in [0.05, 0.1) is 16.2 Å². The highest BCUT2D eigenvalue weighted by atomic mass is 32.2. The van der Waals surface area contributed by atoms with Crippen molar-refractivity contribution in [3.05, 3.63) is 36.0 Å². The number of aromatic amines is 1. The van der Waals surface area contributed by atoms with Crippen molar-refractivity contribution in [2.75, 3.05) is 12.0 Å². The van der Waals surface area contributed by atoms with Crippen molar-refractivity contribution < 1.29 is 21.6 Å². The molecular weight excluding hydrogens is 373 g/mol. The zero-order valence-electron chi connectivity index (χ0n) is 13.1. The Morgan fingerprint density at radius 2 is 1.92 bits per heavy atom. The number of halogens is 3. The number of rotatable bonds is 3. The van der Waals surface area contributed by atoms with Gasteiger partial charge in [0.25, 0.3) is 0 Å². The first-order chi connectivity index (χ1) is 12.1. The Hall–Kier alpha value is -3.02. The van der Waals surface area contributed by atoms with E-state index in [1.807, 2.05) is 0 Å². The number of hydrogen-bond acceptors (Lipinski definition) is 7. The summed E-state index contributed by atoms with van der Waals surface area (Å²) in [6.07, 6.45) is -2.87. The van der Waals surface area contributed by atoms with Gasteiger partial charge in [-0.2, -0.15) is 13.2 Å². The molecule has 0 fully saturated rings. The first kappa shape index (κ1) is 17.8. The molecule has 1 aromatic carbocycles. The predicted octanol–water partition coefficient (Wildman–Crippen LogP) is 1.93. The van der Waals surface area contributed by atoms with Crippen molar-refractivity contribution in [2.24, 2.45) is 0 Å². The molecule has 0 unspecified atom stereocenters. The van der Waals surface area contributed by atoms with Crippen LogP contribution in [0.3, 0.4) is 0 Å². The summed E-state index contributed by atoms with van der Waals surface area (Å²) in [5.41, 5.74) is 4.62. The summed E-state index contributed by atoms with van der Waals surface area (Å²) >= 11 is 0. The molecule has 26 heavy (non-hydrogen) atoms. The number of tetrazole rings is 1. The number of pyridine rings is 1. The Balaban J connectivity index is 2.48. The molecule has 0 aliphatic rings. The number of sulfone groups is 1. The molecular formula is C14H11F3N6O2S. The van der Waals surface area contributed by atoms with E-state index in [0.29, 0.717) is 18.0 Å². The summed E-state index contributed by atoms with van der Waals surface area (Å²) in [5, 5.41) is 12.5. The third-order valence-corrected chi connectivity index (χ3v) is 4.64. The van der Waals surface area contributed by atoms with Gasteiger partial charge in [-0.25, -0.2) is 13.5 Å². The number of hydrogen-bond donors (Lipinski definition) is 2.